The molecule has 0 amide bonds. The first-order valence-electron chi connectivity index (χ1n) is 4.10. The summed E-state index contributed by atoms with van der Waals surface area (Å²) in [7, 11) is 0. The Morgan fingerprint density at radius 2 is 2.18 bits per heavy atom. The zero-order chi connectivity index (χ0) is 8.48. The van der Waals surface area contributed by atoms with Crippen LogP contribution in [-0.2, 0) is 0 Å². The molecule has 11 heavy (non-hydrogen) atoms. The summed E-state index contributed by atoms with van der Waals surface area (Å²) in [6.45, 7) is 4.39. The number of nitrogens with zero attached hydrogens (tertiary/aromatic N) is 1. The third-order valence-electron chi connectivity index (χ3n) is 2.69. The number of nitriles is 1. The second kappa shape index (κ2) is 3.15. The van der Waals surface area contributed by atoms with Gasteiger partial charge in [0.05, 0.1) is 12.0 Å². The highest BCUT2D eigenvalue weighted by atomic mass is 79.9. The average molecular weight is 216 g/mol. The molecule has 0 radical (unpaired) electrons. The number of alkyl halides is 1. The quantitative estimate of drug-likeness (QED) is 0.571. The highest BCUT2D eigenvalue weighted by Crippen LogP contribution is 2.42. The minimum Gasteiger partial charge on any atom is -0.198 e. The van der Waals surface area contributed by atoms with Crippen LogP contribution < -0.4 is 0 Å². The van der Waals surface area contributed by atoms with Crippen LogP contribution in [0.4, 0.5) is 0 Å². The SMILES string of the molecule is CC1(C)CCC(Br)CC1C#N. The molecule has 0 aliphatic heterocycles. The highest BCUT2D eigenvalue weighted by Gasteiger charge is 2.35. The van der Waals surface area contributed by atoms with E-state index in [4.69, 9.17) is 5.26 Å². The third kappa shape index (κ3) is 1.96. The van der Waals surface area contributed by atoms with E-state index in [1.807, 2.05) is 0 Å². The van der Waals surface area contributed by atoms with Gasteiger partial charge in [0.15, 0.2) is 0 Å². The number of hydrogen-bond donors (Lipinski definition) is 0. The number of halogens is 1. The molecule has 1 saturated carbocycles. The van der Waals surface area contributed by atoms with Gasteiger partial charge in [0.1, 0.15) is 0 Å². The molecule has 1 aliphatic rings. The Hall–Kier alpha value is -0.0300. The third-order valence-corrected chi connectivity index (χ3v) is 3.52. The summed E-state index contributed by atoms with van der Waals surface area (Å²) in [6.07, 6.45) is 3.40. The molecule has 62 valence electrons. The summed E-state index contributed by atoms with van der Waals surface area (Å²) in [5.41, 5.74) is 0.235. The van der Waals surface area contributed by atoms with Gasteiger partial charge in [-0.05, 0) is 24.7 Å². The maximum absolute atomic E-state index is 8.87. The molecule has 0 aromatic carbocycles. The standard InChI is InChI=1S/C9H14BrN/c1-9(2)4-3-8(10)5-7(9)6-11/h7-8H,3-5H2,1-2H3. The summed E-state index contributed by atoms with van der Waals surface area (Å²) in [5, 5.41) is 8.87. The van der Waals surface area contributed by atoms with E-state index < -0.39 is 0 Å². The van der Waals surface area contributed by atoms with E-state index in [-0.39, 0.29) is 11.3 Å². The number of rotatable bonds is 0. The van der Waals surface area contributed by atoms with Crippen molar-refractivity contribution in [2.45, 2.75) is 37.9 Å². The molecule has 1 rings (SSSR count). The van der Waals surface area contributed by atoms with Gasteiger partial charge in [0, 0.05) is 4.83 Å². The monoisotopic (exact) mass is 215 g/mol. The van der Waals surface area contributed by atoms with E-state index in [1.54, 1.807) is 0 Å². The maximum Gasteiger partial charge on any atom is 0.0661 e. The molecule has 2 atom stereocenters. The predicted molar refractivity (Wildman–Crippen MR) is 49.5 cm³/mol. The van der Waals surface area contributed by atoms with Gasteiger partial charge in [-0.1, -0.05) is 29.8 Å². The van der Waals surface area contributed by atoms with Gasteiger partial charge in [-0.15, -0.1) is 0 Å². The molecule has 0 saturated heterocycles. The molecular formula is C9H14BrN. The van der Waals surface area contributed by atoms with E-state index in [0.717, 1.165) is 6.42 Å². The van der Waals surface area contributed by atoms with Gasteiger partial charge in [0.25, 0.3) is 0 Å². The Bertz CT molecular complexity index is 180. The van der Waals surface area contributed by atoms with Gasteiger partial charge in [-0.2, -0.15) is 5.26 Å². The summed E-state index contributed by atoms with van der Waals surface area (Å²) >= 11 is 3.57. The summed E-state index contributed by atoms with van der Waals surface area (Å²) in [6, 6.07) is 2.39. The first-order valence-corrected chi connectivity index (χ1v) is 5.01. The summed E-state index contributed by atoms with van der Waals surface area (Å²) in [5.74, 6) is 0.237. The Morgan fingerprint density at radius 3 is 2.64 bits per heavy atom. The maximum atomic E-state index is 8.87. The lowest BCUT2D eigenvalue weighted by Crippen LogP contribution is -2.30. The molecule has 0 aromatic rings. The van der Waals surface area contributed by atoms with Crippen molar-refractivity contribution >= 4 is 15.9 Å². The second-order valence-electron chi connectivity index (χ2n) is 4.04. The van der Waals surface area contributed by atoms with Crippen molar-refractivity contribution in [3.8, 4) is 6.07 Å². The second-order valence-corrected chi connectivity index (χ2v) is 5.34. The Morgan fingerprint density at radius 1 is 1.55 bits per heavy atom. The van der Waals surface area contributed by atoms with Crippen molar-refractivity contribution in [2.75, 3.05) is 0 Å². The van der Waals surface area contributed by atoms with Crippen LogP contribution >= 0.6 is 15.9 Å². The number of hydrogen-bond acceptors (Lipinski definition) is 1. The summed E-state index contributed by atoms with van der Waals surface area (Å²) in [4.78, 5) is 0.570. The molecular weight excluding hydrogens is 202 g/mol. The van der Waals surface area contributed by atoms with Crippen molar-refractivity contribution in [1.82, 2.24) is 0 Å². The van der Waals surface area contributed by atoms with Crippen LogP contribution in [0.15, 0.2) is 0 Å². The lowest BCUT2D eigenvalue weighted by molar-refractivity contribution is 0.189. The highest BCUT2D eigenvalue weighted by molar-refractivity contribution is 9.09. The van der Waals surface area contributed by atoms with Crippen molar-refractivity contribution in [3.63, 3.8) is 0 Å². The molecule has 0 spiro atoms. The fraction of sp³-hybridized carbons (Fsp3) is 0.889. The average Bonchev–Trinajstić information content (AvgIpc) is 1.94. The molecule has 2 heteroatoms. The molecule has 2 unspecified atom stereocenters. The fourth-order valence-electron chi connectivity index (χ4n) is 1.62. The molecule has 0 bridgehead atoms. The van der Waals surface area contributed by atoms with Crippen LogP contribution in [0.3, 0.4) is 0 Å². The Labute approximate surface area is 76.9 Å². The molecule has 1 fully saturated rings. The van der Waals surface area contributed by atoms with Crippen molar-refractivity contribution in [1.29, 1.82) is 5.26 Å². The molecule has 0 N–H and O–H groups in total. The van der Waals surface area contributed by atoms with Gasteiger partial charge in [-0.25, -0.2) is 0 Å². The zero-order valence-corrected chi connectivity index (χ0v) is 8.69. The van der Waals surface area contributed by atoms with Crippen LogP contribution in [0, 0.1) is 22.7 Å². The van der Waals surface area contributed by atoms with Crippen LogP contribution in [0.1, 0.15) is 33.1 Å². The predicted octanol–water partition coefficient (Wildman–Crippen LogP) is 3.10. The van der Waals surface area contributed by atoms with Crippen molar-refractivity contribution in [3.05, 3.63) is 0 Å². The van der Waals surface area contributed by atoms with E-state index in [2.05, 4.69) is 35.8 Å². The zero-order valence-electron chi connectivity index (χ0n) is 7.10. The Balaban J connectivity index is 2.65. The van der Waals surface area contributed by atoms with Gasteiger partial charge in [0.2, 0.25) is 0 Å². The van der Waals surface area contributed by atoms with Crippen molar-refractivity contribution < 1.29 is 0 Å². The largest absolute Gasteiger partial charge is 0.198 e. The fourth-order valence-corrected chi connectivity index (χ4v) is 2.23. The minimum atomic E-state index is 0.235. The van der Waals surface area contributed by atoms with E-state index in [1.165, 1.54) is 12.8 Å². The van der Waals surface area contributed by atoms with Gasteiger partial charge < -0.3 is 0 Å². The first-order chi connectivity index (χ1) is 5.06. The van der Waals surface area contributed by atoms with E-state index in [9.17, 15) is 0 Å². The molecule has 1 aliphatic carbocycles. The van der Waals surface area contributed by atoms with E-state index in [0.29, 0.717) is 4.83 Å². The van der Waals surface area contributed by atoms with Crippen LogP contribution in [0.2, 0.25) is 0 Å². The van der Waals surface area contributed by atoms with Crippen molar-refractivity contribution in [2.24, 2.45) is 11.3 Å². The van der Waals surface area contributed by atoms with E-state index >= 15 is 0 Å². The topological polar surface area (TPSA) is 23.8 Å². The first kappa shape index (κ1) is 9.06. The van der Waals surface area contributed by atoms with Crippen LogP contribution in [-0.4, -0.2) is 4.83 Å². The summed E-state index contributed by atoms with van der Waals surface area (Å²) < 4.78 is 0. The van der Waals surface area contributed by atoms with Crippen LogP contribution in [0.5, 0.6) is 0 Å². The van der Waals surface area contributed by atoms with Gasteiger partial charge in [-0.3, -0.25) is 0 Å². The minimum absolute atomic E-state index is 0.235. The lowest BCUT2D eigenvalue weighted by Gasteiger charge is -2.36. The van der Waals surface area contributed by atoms with Crippen LogP contribution in [0.25, 0.3) is 0 Å². The normalized spacial score (nSPS) is 36.2. The lowest BCUT2D eigenvalue weighted by atomic mass is 9.69. The smallest absolute Gasteiger partial charge is 0.0661 e. The van der Waals surface area contributed by atoms with Gasteiger partial charge >= 0.3 is 0 Å². The Kier molecular flexibility index (Phi) is 2.59. The molecule has 0 aromatic heterocycles. The molecule has 0 heterocycles. The molecule has 1 nitrogen and oxygen atoms in total.